The van der Waals surface area contributed by atoms with Gasteiger partial charge < -0.3 is 5.73 Å². The van der Waals surface area contributed by atoms with Crippen molar-refractivity contribution in [1.82, 2.24) is 0 Å². The van der Waals surface area contributed by atoms with Gasteiger partial charge in [-0.1, -0.05) is 45.4 Å². The van der Waals surface area contributed by atoms with Crippen LogP contribution in [-0.4, -0.2) is 0 Å². The fourth-order valence-electron chi connectivity index (χ4n) is 3.89. The van der Waals surface area contributed by atoms with E-state index in [-0.39, 0.29) is 5.54 Å². The first kappa shape index (κ1) is 15.1. The molecule has 1 aliphatic carbocycles. The van der Waals surface area contributed by atoms with E-state index in [9.17, 15) is 0 Å². The van der Waals surface area contributed by atoms with Crippen molar-refractivity contribution in [2.24, 2.45) is 17.1 Å². The summed E-state index contributed by atoms with van der Waals surface area (Å²) in [6, 6.07) is 8.84. The van der Waals surface area contributed by atoms with Gasteiger partial charge in [0.2, 0.25) is 0 Å². The van der Waals surface area contributed by atoms with E-state index in [4.69, 9.17) is 5.73 Å². The highest BCUT2D eigenvalue weighted by atomic mass is 32.1. The van der Waals surface area contributed by atoms with Gasteiger partial charge in [-0.15, -0.1) is 11.3 Å². The van der Waals surface area contributed by atoms with Gasteiger partial charge in [-0.25, -0.2) is 0 Å². The third-order valence-electron chi connectivity index (χ3n) is 5.35. The lowest BCUT2D eigenvalue weighted by Gasteiger charge is -2.32. The lowest BCUT2D eigenvalue weighted by atomic mass is 9.75. The number of rotatable bonds is 1. The van der Waals surface area contributed by atoms with E-state index in [0.29, 0.717) is 5.41 Å². The molecule has 1 heterocycles. The Morgan fingerprint density at radius 2 is 1.95 bits per heavy atom. The molecule has 0 bridgehead atoms. The minimum atomic E-state index is -0.135. The summed E-state index contributed by atoms with van der Waals surface area (Å²) in [5, 5.41) is 3.53. The molecule has 1 aliphatic rings. The van der Waals surface area contributed by atoms with Crippen LogP contribution in [0.25, 0.3) is 10.1 Å². The van der Waals surface area contributed by atoms with E-state index in [1.165, 1.54) is 34.9 Å². The summed E-state index contributed by atoms with van der Waals surface area (Å²) in [6.07, 6.45) is 6.06. The average molecular weight is 301 g/mol. The molecule has 0 radical (unpaired) electrons. The second-order valence-corrected chi connectivity index (χ2v) is 8.71. The Morgan fingerprint density at radius 1 is 1.14 bits per heavy atom. The summed E-state index contributed by atoms with van der Waals surface area (Å²) in [5.74, 6) is 0.797. The Hall–Kier alpha value is -0.860. The highest BCUT2D eigenvalue weighted by molar-refractivity contribution is 7.17. The van der Waals surface area contributed by atoms with Gasteiger partial charge in [0.05, 0.1) is 0 Å². The quantitative estimate of drug-likeness (QED) is 0.674. The summed E-state index contributed by atoms with van der Waals surface area (Å²) in [7, 11) is 0. The number of nitrogens with two attached hydrogens (primary N) is 1. The fourth-order valence-corrected chi connectivity index (χ4v) is 4.91. The van der Waals surface area contributed by atoms with Crippen molar-refractivity contribution in [3.8, 4) is 0 Å². The van der Waals surface area contributed by atoms with Gasteiger partial charge in [0, 0.05) is 10.2 Å². The third-order valence-corrected chi connectivity index (χ3v) is 6.32. The van der Waals surface area contributed by atoms with Crippen LogP contribution in [0.4, 0.5) is 0 Å². The molecule has 2 atom stereocenters. The van der Waals surface area contributed by atoms with E-state index in [2.05, 4.69) is 50.4 Å². The predicted molar refractivity (Wildman–Crippen MR) is 93.7 cm³/mol. The predicted octanol–water partition coefficient (Wildman–Crippen LogP) is 5.68. The van der Waals surface area contributed by atoms with E-state index in [1.54, 1.807) is 0 Å². The van der Waals surface area contributed by atoms with Crippen molar-refractivity contribution >= 4 is 21.4 Å². The highest BCUT2D eigenvalue weighted by Crippen LogP contribution is 2.44. The number of hydrogen-bond donors (Lipinski definition) is 1. The zero-order valence-corrected chi connectivity index (χ0v) is 14.3. The van der Waals surface area contributed by atoms with Crippen LogP contribution in [0.15, 0.2) is 29.6 Å². The normalized spacial score (nSPS) is 27.7. The Labute approximate surface area is 132 Å². The van der Waals surface area contributed by atoms with Crippen LogP contribution >= 0.6 is 11.3 Å². The van der Waals surface area contributed by atoms with Gasteiger partial charge in [-0.2, -0.15) is 0 Å². The molecule has 0 spiro atoms. The molecule has 1 aromatic carbocycles. The molecule has 0 saturated heterocycles. The largest absolute Gasteiger partial charge is 0.321 e. The monoisotopic (exact) mass is 301 g/mol. The Balaban J connectivity index is 1.92. The van der Waals surface area contributed by atoms with E-state index in [1.807, 2.05) is 11.3 Å². The second-order valence-electron chi connectivity index (χ2n) is 7.79. The van der Waals surface area contributed by atoms with Crippen LogP contribution in [0.1, 0.15) is 58.4 Å². The molecule has 2 aromatic rings. The number of hydrogen-bond acceptors (Lipinski definition) is 2. The van der Waals surface area contributed by atoms with Crippen LogP contribution in [0, 0.1) is 11.3 Å². The maximum absolute atomic E-state index is 6.92. The zero-order valence-electron chi connectivity index (χ0n) is 13.5. The van der Waals surface area contributed by atoms with Gasteiger partial charge in [0.15, 0.2) is 0 Å². The van der Waals surface area contributed by atoms with E-state index < -0.39 is 0 Å². The molecule has 1 nitrogen and oxygen atoms in total. The minimum Gasteiger partial charge on any atom is -0.321 e. The van der Waals surface area contributed by atoms with Crippen LogP contribution in [0.3, 0.4) is 0 Å². The maximum Gasteiger partial charge on any atom is 0.0424 e. The van der Waals surface area contributed by atoms with Crippen LogP contribution in [-0.2, 0) is 5.54 Å². The summed E-state index contributed by atoms with van der Waals surface area (Å²) < 4.78 is 1.40. The van der Waals surface area contributed by atoms with Crippen molar-refractivity contribution in [3.63, 3.8) is 0 Å². The first-order chi connectivity index (χ1) is 9.90. The topological polar surface area (TPSA) is 26.0 Å². The van der Waals surface area contributed by atoms with Gasteiger partial charge in [0.1, 0.15) is 0 Å². The first-order valence-corrected chi connectivity index (χ1v) is 9.04. The van der Waals surface area contributed by atoms with Crippen LogP contribution in [0.5, 0.6) is 0 Å². The van der Waals surface area contributed by atoms with Crippen LogP contribution < -0.4 is 5.73 Å². The van der Waals surface area contributed by atoms with Gasteiger partial charge in [-0.3, -0.25) is 0 Å². The Bertz CT molecular complexity index is 622. The highest BCUT2D eigenvalue weighted by Gasteiger charge is 2.35. The lowest BCUT2D eigenvalue weighted by molar-refractivity contribution is 0.211. The van der Waals surface area contributed by atoms with Gasteiger partial charge in [0.25, 0.3) is 0 Å². The zero-order chi connectivity index (χ0) is 15.1. The van der Waals surface area contributed by atoms with Crippen molar-refractivity contribution in [2.75, 3.05) is 0 Å². The Kier molecular flexibility index (Phi) is 3.87. The molecular formula is C19H27NS. The van der Waals surface area contributed by atoms with Crippen molar-refractivity contribution in [2.45, 2.75) is 58.4 Å². The number of fused-ring (bicyclic) bond motifs is 1. The molecule has 2 unspecified atom stereocenters. The van der Waals surface area contributed by atoms with E-state index >= 15 is 0 Å². The molecule has 21 heavy (non-hydrogen) atoms. The van der Waals surface area contributed by atoms with Crippen molar-refractivity contribution in [3.05, 3.63) is 35.2 Å². The SMILES string of the molecule is CC(C)(C)C1CCCC(N)(c2cccc3ccsc23)CC1. The minimum absolute atomic E-state index is 0.135. The molecule has 0 amide bonds. The van der Waals surface area contributed by atoms with Crippen molar-refractivity contribution in [1.29, 1.82) is 0 Å². The third kappa shape index (κ3) is 2.89. The summed E-state index contributed by atoms with van der Waals surface area (Å²) in [6.45, 7) is 7.13. The van der Waals surface area contributed by atoms with Crippen molar-refractivity contribution < 1.29 is 0 Å². The second kappa shape index (κ2) is 5.40. The van der Waals surface area contributed by atoms with E-state index in [0.717, 1.165) is 18.8 Å². The maximum atomic E-state index is 6.92. The molecule has 2 N–H and O–H groups in total. The first-order valence-electron chi connectivity index (χ1n) is 8.16. The molecule has 2 heteroatoms. The molecule has 1 saturated carbocycles. The van der Waals surface area contributed by atoms with Gasteiger partial charge in [-0.05, 0) is 59.4 Å². The molecule has 1 fully saturated rings. The molecular weight excluding hydrogens is 274 g/mol. The molecule has 1 aromatic heterocycles. The standard InChI is InChI=1S/C19H27NS/c1-18(2,3)15-7-5-11-19(20,12-9-15)16-8-4-6-14-10-13-21-17(14)16/h4,6,8,10,13,15H,5,7,9,11-12,20H2,1-3H3. The van der Waals surface area contributed by atoms with Crippen LogP contribution in [0.2, 0.25) is 0 Å². The Morgan fingerprint density at radius 3 is 2.71 bits per heavy atom. The molecule has 0 aliphatic heterocycles. The molecule has 114 valence electrons. The summed E-state index contributed by atoms with van der Waals surface area (Å²) in [5.41, 5.74) is 8.57. The number of benzene rings is 1. The fraction of sp³-hybridized carbons (Fsp3) is 0.579. The number of thiophene rings is 1. The van der Waals surface area contributed by atoms with Gasteiger partial charge >= 0.3 is 0 Å². The average Bonchev–Trinajstić information content (AvgIpc) is 2.80. The smallest absolute Gasteiger partial charge is 0.0424 e. The lowest BCUT2D eigenvalue weighted by Crippen LogP contribution is -2.36. The molecule has 3 rings (SSSR count). The summed E-state index contributed by atoms with van der Waals surface area (Å²) in [4.78, 5) is 0. The summed E-state index contributed by atoms with van der Waals surface area (Å²) >= 11 is 1.84.